The molecular formula is C15H25N5O7S. The fraction of sp³-hybridized carbons (Fsp3) is 0.800. The maximum atomic E-state index is 12.3. The molecule has 0 spiro atoms. The molecule has 12 nitrogen and oxygen atoms in total. The molecule has 0 aromatic rings. The zero-order chi connectivity index (χ0) is 20.1. The molecule has 3 saturated heterocycles. The van der Waals surface area contributed by atoms with Crippen LogP contribution in [0.3, 0.4) is 0 Å². The number of nitrogens with one attached hydrogen (secondary N) is 1. The zero-order valence-electron chi connectivity index (χ0n) is 15.4. The highest BCUT2D eigenvalue weighted by Gasteiger charge is 2.49. The van der Waals surface area contributed by atoms with Crippen LogP contribution in [0.25, 0.3) is 0 Å². The van der Waals surface area contributed by atoms with E-state index < -0.39 is 34.4 Å². The third-order valence-corrected chi connectivity index (χ3v) is 5.28. The molecule has 2 N–H and O–H groups in total. The molecule has 2 bridgehead atoms. The Hall–Kier alpha value is -1.96. The van der Waals surface area contributed by atoms with E-state index in [9.17, 15) is 18.0 Å². The number of carbonyl (C=O) groups is 2. The fourth-order valence-corrected chi connectivity index (χ4v) is 3.99. The van der Waals surface area contributed by atoms with Crippen LogP contribution in [0, 0.1) is 0 Å². The van der Waals surface area contributed by atoms with Gasteiger partial charge in [-0.1, -0.05) is 0 Å². The monoisotopic (exact) mass is 419 g/mol. The number of fused-ring (bicyclic) bond motifs is 2. The summed E-state index contributed by atoms with van der Waals surface area (Å²) in [6.07, 6.45) is 6.07. The Morgan fingerprint density at radius 3 is 2.75 bits per heavy atom. The molecule has 13 heteroatoms. The van der Waals surface area contributed by atoms with E-state index in [0.717, 1.165) is 13.1 Å². The van der Waals surface area contributed by atoms with Gasteiger partial charge in [-0.2, -0.15) is 13.5 Å². The van der Waals surface area contributed by atoms with Crippen molar-refractivity contribution < 1.29 is 31.7 Å². The Labute approximate surface area is 163 Å². The molecule has 158 valence electrons. The van der Waals surface area contributed by atoms with Gasteiger partial charge in [-0.3, -0.25) is 19.2 Å². The summed E-state index contributed by atoms with van der Waals surface area (Å²) in [4.78, 5) is 37.3. The van der Waals surface area contributed by atoms with E-state index in [1.54, 1.807) is 6.34 Å². The third kappa shape index (κ3) is 5.31. The molecule has 2 atom stereocenters. The lowest BCUT2D eigenvalue weighted by atomic mass is 10.0. The van der Waals surface area contributed by atoms with Crippen LogP contribution in [0.15, 0.2) is 4.99 Å². The van der Waals surface area contributed by atoms with Crippen LogP contribution in [-0.4, -0.2) is 91.0 Å². The van der Waals surface area contributed by atoms with Gasteiger partial charge in [0, 0.05) is 19.6 Å². The van der Waals surface area contributed by atoms with Crippen LogP contribution >= 0.6 is 0 Å². The summed E-state index contributed by atoms with van der Waals surface area (Å²) in [7, 11) is -4.81. The molecule has 0 aromatic heterocycles. The van der Waals surface area contributed by atoms with Crippen LogP contribution in [0.5, 0.6) is 0 Å². The lowest BCUT2D eigenvalue weighted by Crippen LogP contribution is -2.49. The minimum absolute atomic E-state index is 0.132. The minimum atomic E-state index is -4.81. The molecule has 0 aromatic carbocycles. The third-order valence-electron chi connectivity index (χ3n) is 4.93. The van der Waals surface area contributed by atoms with Gasteiger partial charge in [-0.15, -0.1) is 4.28 Å². The molecule has 0 aliphatic carbocycles. The van der Waals surface area contributed by atoms with Gasteiger partial charge in [-0.25, -0.2) is 10.3 Å². The first-order valence-electron chi connectivity index (χ1n) is 9.27. The van der Waals surface area contributed by atoms with Crippen molar-refractivity contribution in [3.8, 4) is 0 Å². The Morgan fingerprint density at radius 2 is 2.04 bits per heavy atom. The SMILES string of the molecule is O=C(NOCCN=CN1CCCCC1)[C@@H]1CCC2CN1C(=O)N2OS(=O)(=O)O. The number of nitrogens with zero attached hydrogens (tertiary/aromatic N) is 4. The number of amides is 3. The number of hydroxylamine groups is 3. The number of piperidine rings is 2. The molecule has 3 aliphatic rings. The minimum Gasteiger partial charge on any atom is -0.363 e. The number of hydrogen-bond acceptors (Lipinski definition) is 7. The summed E-state index contributed by atoms with van der Waals surface area (Å²) in [5.74, 6) is -0.500. The highest BCUT2D eigenvalue weighted by molar-refractivity contribution is 7.80. The van der Waals surface area contributed by atoms with Gasteiger partial charge in [0.05, 0.1) is 25.5 Å². The van der Waals surface area contributed by atoms with Crippen molar-refractivity contribution in [2.75, 3.05) is 32.8 Å². The Kier molecular flexibility index (Phi) is 6.69. The number of rotatable bonds is 8. The van der Waals surface area contributed by atoms with E-state index in [-0.39, 0.29) is 13.2 Å². The summed E-state index contributed by atoms with van der Waals surface area (Å²) in [6, 6.07) is -2.12. The molecule has 28 heavy (non-hydrogen) atoms. The van der Waals surface area contributed by atoms with Crippen molar-refractivity contribution in [3.63, 3.8) is 0 Å². The standard InChI is InChI=1S/C15H25N5O7S/c21-14(17-26-9-6-16-11-18-7-2-1-3-8-18)13-5-4-12-10-19(13)15(22)20(12)27-28(23,24)25/h11-13H,1-10H2,(H,17,21)(H,23,24,25)/t12?,13-/m0/s1. The molecule has 3 fully saturated rings. The topological polar surface area (TPSA) is 141 Å². The molecule has 3 heterocycles. The number of carbonyl (C=O) groups excluding carboxylic acids is 2. The van der Waals surface area contributed by atoms with E-state index in [1.807, 2.05) is 0 Å². The summed E-state index contributed by atoms with van der Waals surface area (Å²) in [6.45, 7) is 2.73. The molecule has 1 unspecified atom stereocenters. The largest absolute Gasteiger partial charge is 0.418 e. The van der Waals surface area contributed by atoms with E-state index in [4.69, 9.17) is 9.39 Å². The average Bonchev–Trinajstić information content (AvgIpc) is 2.89. The summed E-state index contributed by atoms with van der Waals surface area (Å²) in [5.41, 5.74) is 2.31. The van der Waals surface area contributed by atoms with Gasteiger partial charge in [0.15, 0.2) is 0 Å². The molecular weight excluding hydrogens is 394 g/mol. The second-order valence-electron chi connectivity index (χ2n) is 6.94. The molecule has 0 saturated carbocycles. The van der Waals surface area contributed by atoms with Crippen LogP contribution < -0.4 is 5.48 Å². The van der Waals surface area contributed by atoms with Crippen molar-refractivity contribution in [2.45, 2.75) is 44.2 Å². The first kappa shape index (κ1) is 20.8. The molecule has 3 aliphatic heterocycles. The van der Waals surface area contributed by atoms with Gasteiger partial charge < -0.3 is 9.80 Å². The van der Waals surface area contributed by atoms with Crippen LogP contribution in [0.2, 0.25) is 0 Å². The van der Waals surface area contributed by atoms with Crippen molar-refractivity contribution in [1.82, 2.24) is 20.3 Å². The second-order valence-corrected chi connectivity index (χ2v) is 7.95. The Morgan fingerprint density at radius 1 is 1.29 bits per heavy atom. The van der Waals surface area contributed by atoms with Crippen LogP contribution in [0.1, 0.15) is 32.1 Å². The predicted molar refractivity (Wildman–Crippen MR) is 96.3 cm³/mol. The van der Waals surface area contributed by atoms with Gasteiger partial charge >= 0.3 is 16.4 Å². The number of hydrogen-bond donors (Lipinski definition) is 2. The van der Waals surface area contributed by atoms with Crippen molar-refractivity contribution in [2.24, 2.45) is 4.99 Å². The summed E-state index contributed by atoms with van der Waals surface area (Å²) < 4.78 is 34.8. The van der Waals surface area contributed by atoms with Crippen LogP contribution in [-0.2, 0) is 24.3 Å². The lowest BCUT2D eigenvalue weighted by molar-refractivity contribution is -0.138. The first-order valence-corrected chi connectivity index (χ1v) is 10.6. The normalized spacial score (nSPS) is 25.6. The van der Waals surface area contributed by atoms with Gasteiger partial charge in [0.25, 0.3) is 5.91 Å². The van der Waals surface area contributed by atoms with E-state index in [1.165, 1.54) is 24.2 Å². The summed E-state index contributed by atoms with van der Waals surface area (Å²) >= 11 is 0. The lowest BCUT2D eigenvalue weighted by Gasteiger charge is -2.28. The van der Waals surface area contributed by atoms with Crippen molar-refractivity contribution in [3.05, 3.63) is 0 Å². The maximum Gasteiger partial charge on any atom is 0.418 e. The number of likely N-dealkylation sites (tertiary alicyclic amines) is 1. The first-order chi connectivity index (χ1) is 13.3. The molecule has 0 radical (unpaired) electrons. The number of aliphatic imine (C=N–C) groups is 1. The Bertz CT molecular complexity index is 710. The molecule has 3 rings (SSSR count). The average molecular weight is 419 g/mol. The maximum absolute atomic E-state index is 12.3. The smallest absolute Gasteiger partial charge is 0.363 e. The fourth-order valence-electron chi connectivity index (χ4n) is 3.60. The highest BCUT2D eigenvalue weighted by atomic mass is 32.3. The zero-order valence-corrected chi connectivity index (χ0v) is 16.2. The molecule has 3 amide bonds. The number of urea groups is 1. The van der Waals surface area contributed by atoms with Crippen molar-refractivity contribution in [1.29, 1.82) is 0 Å². The highest BCUT2D eigenvalue weighted by Crippen LogP contribution is 2.30. The Balaban J connectivity index is 1.40. The second kappa shape index (κ2) is 9.03. The quantitative estimate of drug-likeness (QED) is 0.177. The van der Waals surface area contributed by atoms with Gasteiger partial charge in [-0.05, 0) is 32.1 Å². The van der Waals surface area contributed by atoms with Gasteiger partial charge in [0.2, 0.25) is 0 Å². The van der Waals surface area contributed by atoms with E-state index in [0.29, 0.717) is 24.4 Å². The predicted octanol–water partition coefficient (Wildman–Crippen LogP) is -0.449. The summed E-state index contributed by atoms with van der Waals surface area (Å²) in [5, 5.41) is 0.596. The van der Waals surface area contributed by atoms with E-state index in [2.05, 4.69) is 19.7 Å². The van der Waals surface area contributed by atoms with Crippen molar-refractivity contribution >= 4 is 28.7 Å². The van der Waals surface area contributed by atoms with Gasteiger partial charge in [0.1, 0.15) is 6.04 Å². The van der Waals surface area contributed by atoms with Crippen LogP contribution in [0.4, 0.5) is 4.79 Å². The van der Waals surface area contributed by atoms with E-state index >= 15 is 0 Å².